The predicted octanol–water partition coefficient (Wildman–Crippen LogP) is 3.85. The molecule has 0 saturated heterocycles. The molecule has 2 amide bonds. The minimum atomic E-state index is -0.521. The van der Waals surface area contributed by atoms with Crippen LogP contribution in [0.25, 0.3) is 0 Å². The van der Waals surface area contributed by atoms with E-state index >= 15 is 0 Å². The molecule has 1 aromatic heterocycles. The van der Waals surface area contributed by atoms with Gasteiger partial charge in [0.2, 0.25) is 5.89 Å². The van der Waals surface area contributed by atoms with E-state index in [1.165, 1.54) is 7.11 Å². The smallest absolute Gasteiger partial charge is 0.320 e. The first kappa shape index (κ1) is 19.4. The first-order valence-corrected chi connectivity index (χ1v) is 8.88. The number of rotatable bonds is 7. The number of ether oxygens (including phenoxy) is 2. The number of carbonyl (C=O) groups excluding carboxylic acids is 1. The largest absolute Gasteiger partial charge is 0.497 e. The van der Waals surface area contributed by atoms with Gasteiger partial charge in [0, 0.05) is 12.5 Å². The number of aromatic amines is 1. The Kier molecular flexibility index (Phi) is 6.28. The average Bonchev–Trinajstić information content (AvgIpc) is 3.14. The SMILES string of the molecule is COc1ccc(OC)c(NC(=O)N[C@@H](Cc2ccccc2)c2n[nH]c(=S)o2)c1. The molecule has 9 heteroatoms. The van der Waals surface area contributed by atoms with E-state index in [1.807, 2.05) is 30.3 Å². The summed E-state index contributed by atoms with van der Waals surface area (Å²) in [6, 6.07) is 13.8. The lowest BCUT2D eigenvalue weighted by atomic mass is 10.1. The van der Waals surface area contributed by atoms with E-state index in [0.717, 1.165) is 5.56 Å². The highest BCUT2D eigenvalue weighted by Gasteiger charge is 2.21. The maximum absolute atomic E-state index is 12.6. The van der Waals surface area contributed by atoms with Crippen LogP contribution in [0.3, 0.4) is 0 Å². The molecule has 0 saturated carbocycles. The fraction of sp³-hybridized carbons (Fsp3) is 0.211. The van der Waals surface area contributed by atoms with Crippen LogP contribution in [-0.2, 0) is 6.42 Å². The molecule has 0 aliphatic heterocycles. The van der Waals surface area contributed by atoms with Crippen molar-refractivity contribution in [2.75, 3.05) is 19.5 Å². The molecule has 2 aromatic carbocycles. The van der Waals surface area contributed by atoms with Crippen LogP contribution in [-0.4, -0.2) is 30.4 Å². The molecule has 0 unspecified atom stereocenters. The quantitative estimate of drug-likeness (QED) is 0.521. The summed E-state index contributed by atoms with van der Waals surface area (Å²) in [7, 11) is 3.07. The highest BCUT2D eigenvalue weighted by molar-refractivity contribution is 7.71. The van der Waals surface area contributed by atoms with Gasteiger partial charge in [0.15, 0.2) is 0 Å². The number of hydrogen-bond acceptors (Lipinski definition) is 6. The molecule has 8 nitrogen and oxygen atoms in total. The van der Waals surface area contributed by atoms with Gasteiger partial charge in [-0.15, -0.1) is 5.10 Å². The van der Waals surface area contributed by atoms with Gasteiger partial charge in [-0.2, -0.15) is 0 Å². The van der Waals surface area contributed by atoms with Gasteiger partial charge in [-0.1, -0.05) is 30.3 Å². The standard InChI is InChI=1S/C19H20N4O4S/c1-25-13-8-9-16(26-2)14(11-13)20-18(24)21-15(17-22-23-19(28)27-17)10-12-6-4-3-5-7-12/h3-9,11,15H,10H2,1-2H3,(H,23,28)(H2,20,21,24)/t15-/m0/s1. The number of nitrogens with one attached hydrogen (secondary N) is 3. The third-order valence-corrected chi connectivity index (χ3v) is 4.17. The lowest BCUT2D eigenvalue weighted by Gasteiger charge is -2.17. The lowest BCUT2D eigenvalue weighted by Crippen LogP contribution is -2.34. The van der Waals surface area contributed by atoms with E-state index in [0.29, 0.717) is 29.5 Å². The molecule has 0 aliphatic rings. The van der Waals surface area contributed by atoms with Crippen LogP contribution >= 0.6 is 12.2 Å². The second kappa shape index (κ2) is 9.05. The molecule has 0 bridgehead atoms. The number of amides is 2. The van der Waals surface area contributed by atoms with Crippen molar-refractivity contribution in [3.8, 4) is 11.5 Å². The van der Waals surface area contributed by atoms with Gasteiger partial charge in [-0.25, -0.2) is 9.89 Å². The normalized spacial score (nSPS) is 11.5. The fourth-order valence-electron chi connectivity index (χ4n) is 2.67. The van der Waals surface area contributed by atoms with E-state index in [-0.39, 0.29) is 4.84 Å². The summed E-state index contributed by atoms with van der Waals surface area (Å²) in [6.07, 6.45) is 0.479. The van der Waals surface area contributed by atoms with Gasteiger partial charge in [0.05, 0.1) is 19.9 Å². The molecule has 1 atom stereocenters. The van der Waals surface area contributed by atoms with Crippen molar-refractivity contribution >= 4 is 23.9 Å². The Bertz CT molecular complexity index is 987. The summed E-state index contributed by atoms with van der Waals surface area (Å²) in [6.45, 7) is 0. The minimum absolute atomic E-state index is 0.143. The van der Waals surface area contributed by atoms with E-state index in [4.69, 9.17) is 26.1 Å². The van der Waals surface area contributed by atoms with Crippen LogP contribution in [0.2, 0.25) is 0 Å². The molecule has 0 radical (unpaired) electrons. The number of nitrogens with zero attached hydrogens (tertiary/aromatic N) is 1. The Morgan fingerprint density at radius 1 is 1.21 bits per heavy atom. The Hall–Kier alpha value is -3.33. The summed E-state index contributed by atoms with van der Waals surface area (Å²) >= 11 is 4.95. The first-order chi connectivity index (χ1) is 13.6. The van der Waals surface area contributed by atoms with Crippen LogP contribution in [0.15, 0.2) is 52.9 Å². The third-order valence-electron chi connectivity index (χ3n) is 4.00. The maximum Gasteiger partial charge on any atom is 0.320 e. The number of benzene rings is 2. The Labute approximate surface area is 166 Å². The van der Waals surface area contributed by atoms with Crippen molar-refractivity contribution in [1.82, 2.24) is 15.5 Å². The van der Waals surface area contributed by atoms with Crippen molar-refractivity contribution < 1.29 is 18.7 Å². The van der Waals surface area contributed by atoms with Gasteiger partial charge >= 0.3 is 6.03 Å². The highest BCUT2D eigenvalue weighted by Crippen LogP contribution is 2.29. The molecular weight excluding hydrogens is 380 g/mol. The van der Waals surface area contributed by atoms with Gasteiger partial charge in [-0.3, -0.25) is 0 Å². The summed E-state index contributed by atoms with van der Waals surface area (Å²) in [5.41, 5.74) is 1.48. The van der Waals surface area contributed by atoms with Gasteiger partial charge in [0.25, 0.3) is 4.84 Å². The van der Waals surface area contributed by atoms with E-state index in [1.54, 1.807) is 25.3 Å². The van der Waals surface area contributed by atoms with E-state index in [2.05, 4.69) is 20.8 Å². The fourth-order valence-corrected chi connectivity index (χ4v) is 2.80. The van der Waals surface area contributed by atoms with Crippen molar-refractivity contribution in [2.24, 2.45) is 0 Å². The number of aromatic nitrogens is 2. The molecule has 146 valence electrons. The second-order valence-electron chi connectivity index (χ2n) is 5.86. The minimum Gasteiger partial charge on any atom is -0.497 e. The number of carbonyl (C=O) groups is 1. The van der Waals surface area contributed by atoms with Crippen molar-refractivity contribution in [3.05, 3.63) is 64.8 Å². The van der Waals surface area contributed by atoms with Crippen LogP contribution in [0.1, 0.15) is 17.5 Å². The molecular formula is C19H20N4O4S. The monoisotopic (exact) mass is 400 g/mol. The Morgan fingerprint density at radius 2 is 2.00 bits per heavy atom. The van der Waals surface area contributed by atoms with Gasteiger partial charge in [0.1, 0.15) is 17.5 Å². The number of methoxy groups -OCH3 is 2. The molecule has 3 aromatic rings. The first-order valence-electron chi connectivity index (χ1n) is 8.48. The number of urea groups is 1. The number of hydrogen-bond donors (Lipinski definition) is 3. The Morgan fingerprint density at radius 3 is 2.64 bits per heavy atom. The van der Waals surface area contributed by atoms with E-state index in [9.17, 15) is 4.79 Å². The van der Waals surface area contributed by atoms with Gasteiger partial charge in [-0.05, 0) is 29.9 Å². The number of H-pyrrole nitrogens is 1. The summed E-state index contributed by atoms with van der Waals surface area (Å²) in [5.74, 6) is 1.39. The van der Waals surface area contributed by atoms with Crippen LogP contribution in [0.4, 0.5) is 10.5 Å². The zero-order valence-corrected chi connectivity index (χ0v) is 16.2. The average molecular weight is 400 g/mol. The highest BCUT2D eigenvalue weighted by atomic mass is 32.1. The van der Waals surface area contributed by atoms with Crippen molar-refractivity contribution in [3.63, 3.8) is 0 Å². The predicted molar refractivity (Wildman–Crippen MR) is 106 cm³/mol. The van der Waals surface area contributed by atoms with E-state index < -0.39 is 12.1 Å². The number of anilines is 1. The maximum atomic E-state index is 12.6. The topological polar surface area (TPSA) is 101 Å². The van der Waals surface area contributed by atoms with Crippen molar-refractivity contribution in [2.45, 2.75) is 12.5 Å². The summed E-state index contributed by atoms with van der Waals surface area (Å²) < 4.78 is 15.9. The molecule has 0 spiro atoms. The molecule has 3 N–H and O–H groups in total. The van der Waals surface area contributed by atoms with Crippen LogP contribution in [0, 0.1) is 4.84 Å². The molecule has 0 aliphatic carbocycles. The van der Waals surface area contributed by atoms with Gasteiger partial charge < -0.3 is 24.5 Å². The summed E-state index contributed by atoms with van der Waals surface area (Å²) in [5, 5.41) is 12.3. The van der Waals surface area contributed by atoms with Crippen LogP contribution in [0.5, 0.6) is 11.5 Å². The summed E-state index contributed by atoms with van der Waals surface area (Å²) in [4.78, 5) is 12.8. The second-order valence-corrected chi connectivity index (χ2v) is 6.23. The molecule has 0 fully saturated rings. The third kappa shape index (κ3) is 4.89. The molecule has 1 heterocycles. The van der Waals surface area contributed by atoms with Crippen LogP contribution < -0.4 is 20.1 Å². The zero-order valence-electron chi connectivity index (χ0n) is 15.4. The molecule has 3 rings (SSSR count). The molecule has 28 heavy (non-hydrogen) atoms. The lowest BCUT2D eigenvalue weighted by molar-refractivity contribution is 0.245. The Balaban J connectivity index is 1.78. The van der Waals surface area contributed by atoms with Crippen molar-refractivity contribution in [1.29, 1.82) is 0 Å². The zero-order chi connectivity index (χ0) is 19.9.